The van der Waals surface area contributed by atoms with Gasteiger partial charge >= 0.3 is 0 Å². The summed E-state index contributed by atoms with van der Waals surface area (Å²) in [4.78, 5) is -0.157. The molecule has 20 heavy (non-hydrogen) atoms. The molecule has 2 rings (SSSR count). The third-order valence-electron chi connectivity index (χ3n) is 3.41. The van der Waals surface area contributed by atoms with Gasteiger partial charge in [-0.2, -0.15) is 4.31 Å². The summed E-state index contributed by atoms with van der Waals surface area (Å²) in [7, 11) is -0.934. The minimum atomic E-state index is -3.80. The average Bonchev–Trinajstić information content (AvgIpc) is 2.94. The van der Waals surface area contributed by atoms with E-state index in [1.54, 1.807) is 0 Å². The highest BCUT2D eigenvalue weighted by Crippen LogP contribution is 2.32. The average molecular weight is 367 g/mol. The van der Waals surface area contributed by atoms with Crippen LogP contribution in [-0.4, -0.2) is 46.0 Å². The maximum atomic E-state index is 13.7. The highest BCUT2D eigenvalue weighted by molar-refractivity contribution is 9.10. The van der Waals surface area contributed by atoms with Crippen molar-refractivity contribution in [2.75, 3.05) is 27.2 Å². The van der Waals surface area contributed by atoms with Gasteiger partial charge in [-0.3, -0.25) is 0 Å². The Morgan fingerprint density at radius 3 is 2.75 bits per heavy atom. The zero-order valence-corrected chi connectivity index (χ0v) is 13.6. The summed E-state index contributed by atoms with van der Waals surface area (Å²) in [5, 5.41) is 3.11. The quantitative estimate of drug-likeness (QED) is 0.878. The van der Waals surface area contributed by atoms with Crippen LogP contribution in [0.5, 0.6) is 5.75 Å². The topological polar surface area (TPSA) is 58.6 Å². The number of nitrogens with one attached hydrogen (secondary N) is 1. The molecule has 1 N–H and O–H groups in total. The van der Waals surface area contributed by atoms with E-state index in [-0.39, 0.29) is 21.2 Å². The lowest BCUT2D eigenvalue weighted by Crippen LogP contribution is -2.38. The Morgan fingerprint density at radius 1 is 1.50 bits per heavy atom. The molecule has 112 valence electrons. The number of rotatable bonds is 4. The fourth-order valence-corrected chi connectivity index (χ4v) is 4.03. The van der Waals surface area contributed by atoms with Crippen molar-refractivity contribution in [1.29, 1.82) is 0 Å². The molecule has 0 aromatic heterocycles. The maximum Gasteiger partial charge on any atom is 0.246 e. The van der Waals surface area contributed by atoms with Crippen LogP contribution in [0.3, 0.4) is 0 Å². The molecule has 0 saturated carbocycles. The van der Waals surface area contributed by atoms with Gasteiger partial charge in [-0.25, -0.2) is 12.8 Å². The third kappa shape index (κ3) is 2.83. The van der Waals surface area contributed by atoms with Crippen molar-refractivity contribution in [3.63, 3.8) is 0 Å². The second-order valence-corrected chi connectivity index (χ2v) is 7.41. The van der Waals surface area contributed by atoms with E-state index in [9.17, 15) is 12.8 Å². The van der Waals surface area contributed by atoms with E-state index >= 15 is 0 Å². The first-order chi connectivity index (χ1) is 9.37. The molecule has 0 bridgehead atoms. The molecule has 1 aromatic carbocycles. The first-order valence-corrected chi connectivity index (χ1v) is 8.33. The minimum absolute atomic E-state index is 0.121. The minimum Gasteiger partial charge on any atom is -0.495 e. The smallest absolute Gasteiger partial charge is 0.246 e. The lowest BCUT2D eigenvalue weighted by atomic mass is 10.3. The Balaban J connectivity index is 2.45. The SMILES string of the molecule is COc1cc(Br)c(F)cc1S(=O)(=O)N(C)C1CCNC1. The normalized spacial score (nSPS) is 19.6. The third-order valence-corrected chi connectivity index (χ3v) is 5.95. The van der Waals surface area contributed by atoms with Gasteiger partial charge in [0.2, 0.25) is 10.0 Å². The number of nitrogens with zero attached hydrogens (tertiary/aromatic N) is 1. The predicted molar refractivity (Wildman–Crippen MR) is 76.9 cm³/mol. The van der Waals surface area contributed by atoms with Crippen LogP contribution in [0.15, 0.2) is 21.5 Å². The van der Waals surface area contributed by atoms with E-state index in [4.69, 9.17) is 4.74 Å². The Kier molecular flexibility index (Phi) is 4.68. The van der Waals surface area contributed by atoms with Gasteiger partial charge in [0, 0.05) is 19.6 Å². The summed E-state index contributed by atoms with van der Waals surface area (Å²) in [6.45, 7) is 1.37. The summed E-state index contributed by atoms with van der Waals surface area (Å²) in [6, 6.07) is 2.18. The zero-order chi connectivity index (χ0) is 14.9. The van der Waals surface area contributed by atoms with Crippen LogP contribution in [0, 0.1) is 5.82 Å². The lowest BCUT2D eigenvalue weighted by molar-refractivity contribution is 0.374. The highest BCUT2D eigenvalue weighted by Gasteiger charge is 2.32. The monoisotopic (exact) mass is 366 g/mol. The highest BCUT2D eigenvalue weighted by atomic mass is 79.9. The van der Waals surface area contributed by atoms with Gasteiger partial charge in [0.15, 0.2) is 0 Å². The lowest BCUT2D eigenvalue weighted by Gasteiger charge is -2.24. The summed E-state index contributed by atoms with van der Waals surface area (Å²) < 4.78 is 45.4. The Bertz CT molecular complexity index is 603. The van der Waals surface area contributed by atoms with Gasteiger partial charge in [0.25, 0.3) is 0 Å². The van der Waals surface area contributed by atoms with Crippen molar-refractivity contribution in [2.45, 2.75) is 17.4 Å². The van der Waals surface area contributed by atoms with Crippen LogP contribution >= 0.6 is 15.9 Å². The number of methoxy groups -OCH3 is 1. The van der Waals surface area contributed by atoms with Crippen molar-refractivity contribution in [1.82, 2.24) is 9.62 Å². The molecule has 5 nitrogen and oxygen atoms in total. The van der Waals surface area contributed by atoms with Crippen LogP contribution in [0.25, 0.3) is 0 Å². The van der Waals surface area contributed by atoms with Crippen LogP contribution in [0.1, 0.15) is 6.42 Å². The van der Waals surface area contributed by atoms with Gasteiger partial charge in [-0.05, 0) is 41.0 Å². The molecule has 1 fully saturated rings. The number of ether oxygens (including phenoxy) is 1. The van der Waals surface area contributed by atoms with Gasteiger partial charge in [-0.1, -0.05) is 0 Å². The van der Waals surface area contributed by atoms with Gasteiger partial charge in [-0.15, -0.1) is 0 Å². The van der Waals surface area contributed by atoms with E-state index in [2.05, 4.69) is 21.2 Å². The fourth-order valence-electron chi connectivity index (χ4n) is 2.17. The maximum absolute atomic E-state index is 13.7. The number of hydrogen-bond donors (Lipinski definition) is 1. The Labute approximate surface area is 126 Å². The number of halogens is 2. The largest absolute Gasteiger partial charge is 0.495 e. The first kappa shape index (κ1) is 15.7. The molecule has 1 heterocycles. The van der Waals surface area contributed by atoms with Crippen molar-refractivity contribution < 1.29 is 17.5 Å². The predicted octanol–water partition coefficient (Wildman–Crippen LogP) is 1.58. The molecule has 0 spiro atoms. The molecule has 1 unspecified atom stereocenters. The zero-order valence-electron chi connectivity index (χ0n) is 11.2. The molecule has 1 aliphatic heterocycles. The molecule has 1 aromatic rings. The van der Waals surface area contributed by atoms with Crippen LogP contribution in [0.2, 0.25) is 0 Å². The molecule has 8 heteroatoms. The van der Waals surface area contributed by atoms with E-state index in [0.29, 0.717) is 6.54 Å². The molecule has 0 aliphatic carbocycles. The van der Waals surface area contributed by atoms with Crippen molar-refractivity contribution in [2.24, 2.45) is 0 Å². The van der Waals surface area contributed by atoms with Gasteiger partial charge in [0.05, 0.1) is 11.6 Å². The second-order valence-electron chi connectivity index (χ2n) is 4.59. The van der Waals surface area contributed by atoms with E-state index < -0.39 is 15.8 Å². The molecular formula is C12H16BrFN2O3S. The molecule has 0 radical (unpaired) electrons. The van der Waals surface area contributed by atoms with Crippen LogP contribution < -0.4 is 10.1 Å². The number of hydrogen-bond acceptors (Lipinski definition) is 4. The number of benzene rings is 1. The molecule has 1 saturated heterocycles. The summed E-state index contributed by atoms with van der Waals surface area (Å²) in [5.41, 5.74) is 0. The standard InChI is InChI=1S/C12H16BrFN2O3S/c1-16(8-3-4-15-7-8)20(17,18)12-6-10(14)9(13)5-11(12)19-2/h5-6,8,15H,3-4,7H2,1-2H3. The summed E-state index contributed by atoms with van der Waals surface area (Å²) in [5.74, 6) is -0.515. The summed E-state index contributed by atoms with van der Waals surface area (Å²) >= 11 is 3.02. The van der Waals surface area contributed by atoms with E-state index in [1.165, 1.54) is 24.5 Å². The fraction of sp³-hybridized carbons (Fsp3) is 0.500. The van der Waals surface area contributed by atoms with Gasteiger partial charge in [0.1, 0.15) is 16.5 Å². The second kappa shape index (κ2) is 5.97. The van der Waals surface area contributed by atoms with E-state index in [0.717, 1.165) is 19.0 Å². The van der Waals surface area contributed by atoms with Crippen molar-refractivity contribution >= 4 is 26.0 Å². The molecular weight excluding hydrogens is 351 g/mol. The van der Waals surface area contributed by atoms with Crippen molar-refractivity contribution in [3.05, 3.63) is 22.4 Å². The Hall–Kier alpha value is -0.700. The van der Waals surface area contributed by atoms with Gasteiger partial charge < -0.3 is 10.1 Å². The first-order valence-electron chi connectivity index (χ1n) is 6.09. The van der Waals surface area contributed by atoms with Crippen LogP contribution in [0.4, 0.5) is 4.39 Å². The summed E-state index contributed by atoms with van der Waals surface area (Å²) in [6.07, 6.45) is 0.733. The molecule has 1 aliphatic rings. The number of likely N-dealkylation sites (N-methyl/N-ethyl adjacent to an activating group) is 1. The molecule has 1 atom stereocenters. The van der Waals surface area contributed by atoms with Crippen LogP contribution in [-0.2, 0) is 10.0 Å². The number of sulfonamides is 1. The molecule has 0 amide bonds. The van der Waals surface area contributed by atoms with Crippen molar-refractivity contribution in [3.8, 4) is 5.75 Å². The van der Waals surface area contributed by atoms with E-state index in [1.807, 2.05) is 0 Å². The Morgan fingerprint density at radius 2 is 2.20 bits per heavy atom.